The minimum absolute atomic E-state index is 0.0840. The fraction of sp³-hybridized carbons (Fsp3) is 0.300. The Balaban J connectivity index is 2.20. The largest absolute Gasteiger partial charge is 0.354 e. The summed E-state index contributed by atoms with van der Waals surface area (Å²) in [5, 5.41) is 2.94. The number of aromatic amines is 2. The average molecular weight is 413 g/mol. The fourth-order valence-corrected chi connectivity index (χ4v) is 4.19. The highest BCUT2D eigenvalue weighted by atomic mass is 79.9. The molecule has 0 radical (unpaired) electrons. The summed E-state index contributed by atoms with van der Waals surface area (Å²) in [6, 6.07) is 6.19. The summed E-state index contributed by atoms with van der Waals surface area (Å²) in [5.41, 5.74) is 4.73. The van der Waals surface area contributed by atoms with E-state index in [1.54, 1.807) is 0 Å². The maximum atomic E-state index is 12.9. The van der Waals surface area contributed by atoms with Gasteiger partial charge in [-0.05, 0) is 57.0 Å². The van der Waals surface area contributed by atoms with Crippen molar-refractivity contribution in [1.29, 1.82) is 0 Å². The van der Waals surface area contributed by atoms with Crippen LogP contribution in [0.5, 0.6) is 0 Å². The van der Waals surface area contributed by atoms with Gasteiger partial charge in [-0.2, -0.15) is 0 Å². The van der Waals surface area contributed by atoms with Crippen molar-refractivity contribution in [3.05, 3.63) is 44.2 Å². The van der Waals surface area contributed by atoms with Crippen molar-refractivity contribution >= 4 is 54.6 Å². The number of nitrogens with zero attached hydrogens (tertiary/aromatic N) is 2. The molecule has 0 unspecified atom stereocenters. The summed E-state index contributed by atoms with van der Waals surface area (Å²) in [6.45, 7) is 9.76. The van der Waals surface area contributed by atoms with Crippen molar-refractivity contribution < 1.29 is 0 Å². The van der Waals surface area contributed by atoms with Crippen molar-refractivity contribution in [2.24, 2.45) is 0 Å². The number of aryl methyl sites for hydroxylation is 2. The second-order valence-corrected chi connectivity index (χ2v) is 7.52. The van der Waals surface area contributed by atoms with Gasteiger partial charge in [0, 0.05) is 33.9 Å². The zero-order valence-electron chi connectivity index (χ0n) is 15.3. The van der Waals surface area contributed by atoms with Crippen LogP contribution in [0.25, 0.3) is 32.7 Å². The predicted molar refractivity (Wildman–Crippen MR) is 112 cm³/mol. The van der Waals surface area contributed by atoms with Gasteiger partial charge in [-0.15, -0.1) is 0 Å². The lowest BCUT2D eigenvalue weighted by Crippen LogP contribution is -2.27. The second kappa shape index (κ2) is 6.13. The molecule has 2 N–H and O–H groups in total. The number of halogens is 1. The molecule has 26 heavy (non-hydrogen) atoms. The molecule has 134 valence electrons. The number of anilines is 1. The maximum absolute atomic E-state index is 12.9. The van der Waals surface area contributed by atoms with Crippen molar-refractivity contribution in [3.8, 4) is 0 Å². The van der Waals surface area contributed by atoms with Crippen LogP contribution in [-0.4, -0.2) is 28.0 Å². The van der Waals surface area contributed by atoms with Crippen LogP contribution in [-0.2, 0) is 0 Å². The lowest BCUT2D eigenvalue weighted by atomic mass is 10.00. The van der Waals surface area contributed by atoms with Crippen LogP contribution in [0.15, 0.2) is 27.5 Å². The molecule has 0 saturated heterocycles. The number of fused-ring (bicyclic) bond motifs is 4. The number of benzene rings is 2. The SMILES string of the molecule is CCN(CC)c1nc2c(C)c3c([nH]c4ccc(Br)cc43)c(C)c2c(=O)[nH]1. The highest BCUT2D eigenvalue weighted by Gasteiger charge is 2.19. The molecule has 2 aromatic carbocycles. The molecule has 0 aliphatic carbocycles. The molecule has 0 aliphatic rings. The smallest absolute Gasteiger partial charge is 0.260 e. The van der Waals surface area contributed by atoms with Gasteiger partial charge in [-0.3, -0.25) is 9.78 Å². The van der Waals surface area contributed by atoms with Crippen molar-refractivity contribution in [2.75, 3.05) is 18.0 Å². The molecule has 4 rings (SSSR count). The van der Waals surface area contributed by atoms with E-state index in [-0.39, 0.29) is 5.56 Å². The van der Waals surface area contributed by atoms with Crippen molar-refractivity contribution in [2.45, 2.75) is 27.7 Å². The van der Waals surface area contributed by atoms with Crippen molar-refractivity contribution in [1.82, 2.24) is 15.0 Å². The first-order valence-corrected chi connectivity index (χ1v) is 9.64. The Morgan fingerprint density at radius 3 is 2.50 bits per heavy atom. The van der Waals surface area contributed by atoms with Gasteiger partial charge >= 0.3 is 0 Å². The number of nitrogens with one attached hydrogen (secondary N) is 2. The molecule has 2 heterocycles. The van der Waals surface area contributed by atoms with E-state index < -0.39 is 0 Å². The molecular formula is C20H21BrN4O. The third kappa shape index (κ3) is 2.35. The molecular weight excluding hydrogens is 392 g/mol. The Morgan fingerprint density at radius 2 is 1.81 bits per heavy atom. The average Bonchev–Trinajstić information content (AvgIpc) is 2.99. The second-order valence-electron chi connectivity index (χ2n) is 6.60. The van der Waals surface area contributed by atoms with E-state index in [1.807, 2.05) is 13.0 Å². The first kappa shape index (κ1) is 17.1. The van der Waals surface area contributed by atoms with E-state index in [4.69, 9.17) is 4.98 Å². The van der Waals surface area contributed by atoms with E-state index >= 15 is 0 Å². The molecule has 5 nitrogen and oxygen atoms in total. The quantitative estimate of drug-likeness (QED) is 0.508. The van der Waals surface area contributed by atoms with E-state index in [0.29, 0.717) is 11.3 Å². The van der Waals surface area contributed by atoms with Gasteiger partial charge in [0.15, 0.2) is 0 Å². The summed E-state index contributed by atoms with van der Waals surface area (Å²) in [7, 11) is 0. The molecule has 0 amide bonds. The van der Waals surface area contributed by atoms with Crippen LogP contribution >= 0.6 is 15.9 Å². The first-order valence-electron chi connectivity index (χ1n) is 8.85. The number of hydrogen-bond acceptors (Lipinski definition) is 3. The zero-order valence-corrected chi connectivity index (χ0v) is 16.9. The molecule has 0 spiro atoms. The van der Waals surface area contributed by atoms with Crippen LogP contribution in [0.1, 0.15) is 25.0 Å². The van der Waals surface area contributed by atoms with E-state index in [2.05, 4.69) is 63.7 Å². The monoisotopic (exact) mass is 412 g/mol. The van der Waals surface area contributed by atoms with Gasteiger partial charge in [0.2, 0.25) is 5.95 Å². The van der Waals surface area contributed by atoms with Crippen LogP contribution < -0.4 is 10.5 Å². The van der Waals surface area contributed by atoms with Gasteiger partial charge in [0.25, 0.3) is 5.56 Å². The topological polar surface area (TPSA) is 64.8 Å². The molecule has 0 fully saturated rings. The molecule has 0 atom stereocenters. The number of hydrogen-bond donors (Lipinski definition) is 2. The first-order chi connectivity index (χ1) is 12.5. The zero-order chi connectivity index (χ0) is 18.6. The van der Waals surface area contributed by atoms with Crippen LogP contribution in [0.4, 0.5) is 5.95 Å². The van der Waals surface area contributed by atoms with Crippen LogP contribution in [0, 0.1) is 13.8 Å². The fourth-order valence-electron chi connectivity index (χ4n) is 3.83. The molecule has 2 aromatic heterocycles. The van der Waals surface area contributed by atoms with Crippen molar-refractivity contribution in [3.63, 3.8) is 0 Å². The molecule has 0 saturated carbocycles. The summed E-state index contributed by atoms with van der Waals surface area (Å²) in [4.78, 5) is 26.2. The lowest BCUT2D eigenvalue weighted by Gasteiger charge is -2.20. The summed E-state index contributed by atoms with van der Waals surface area (Å²) >= 11 is 3.57. The Kier molecular flexibility index (Phi) is 4.03. The Bertz CT molecular complexity index is 1220. The van der Waals surface area contributed by atoms with Gasteiger partial charge in [0.1, 0.15) is 0 Å². The van der Waals surface area contributed by atoms with E-state index in [0.717, 1.165) is 56.0 Å². The van der Waals surface area contributed by atoms with E-state index in [1.165, 1.54) is 0 Å². The third-order valence-electron chi connectivity index (χ3n) is 5.21. The van der Waals surface area contributed by atoms with Crippen LogP contribution in [0.2, 0.25) is 0 Å². The minimum Gasteiger partial charge on any atom is -0.354 e. The Morgan fingerprint density at radius 1 is 1.08 bits per heavy atom. The van der Waals surface area contributed by atoms with Gasteiger partial charge in [0.05, 0.1) is 16.4 Å². The summed E-state index contributed by atoms with van der Waals surface area (Å²) in [6.07, 6.45) is 0. The predicted octanol–water partition coefficient (Wildman–Crippen LogP) is 4.78. The Labute approximate surface area is 159 Å². The van der Waals surface area contributed by atoms with Gasteiger partial charge in [-0.25, -0.2) is 4.98 Å². The lowest BCUT2D eigenvalue weighted by molar-refractivity contribution is 0.822. The normalized spacial score (nSPS) is 11.7. The highest BCUT2D eigenvalue weighted by Crippen LogP contribution is 2.36. The molecule has 4 aromatic rings. The summed E-state index contributed by atoms with van der Waals surface area (Å²) in [5.74, 6) is 0.635. The van der Waals surface area contributed by atoms with Gasteiger partial charge in [-0.1, -0.05) is 15.9 Å². The number of rotatable bonds is 3. The standard InChI is InChI=1S/C20H21BrN4O/c1-5-25(6-2)20-23-18-10(3)15-13-9-12(21)7-8-14(13)22-17(15)11(4)16(18)19(26)24-20/h7-9,22H,5-6H2,1-4H3,(H,23,24,26). The van der Waals surface area contributed by atoms with Crippen LogP contribution in [0.3, 0.4) is 0 Å². The molecule has 0 aliphatic heterocycles. The molecule has 0 bridgehead atoms. The minimum atomic E-state index is -0.0840. The summed E-state index contributed by atoms with van der Waals surface area (Å²) < 4.78 is 1.03. The highest BCUT2D eigenvalue weighted by molar-refractivity contribution is 9.10. The Hall–Kier alpha value is -2.34. The molecule has 6 heteroatoms. The maximum Gasteiger partial charge on any atom is 0.260 e. The number of aromatic nitrogens is 3. The van der Waals surface area contributed by atoms with Gasteiger partial charge < -0.3 is 9.88 Å². The number of H-pyrrole nitrogens is 2. The third-order valence-corrected chi connectivity index (χ3v) is 5.70. The van der Waals surface area contributed by atoms with E-state index in [9.17, 15) is 4.79 Å².